The summed E-state index contributed by atoms with van der Waals surface area (Å²) in [4.78, 5) is 16.5. The van der Waals surface area contributed by atoms with Gasteiger partial charge in [0.1, 0.15) is 5.60 Å². The molecular formula is C17H19BrN2O3. The van der Waals surface area contributed by atoms with Gasteiger partial charge in [0.2, 0.25) is 5.88 Å². The normalized spacial score (nSPS) is 22.9. The maximum absolute atomic E-state index is 12.5. The highest BCUT2D eigenvalue weighted by Gasteiger charge is 2.46. The number of ether oxygens (including phenoxy) is 1. The second-order valence-electron chi connectivity index (χ2n) is 5.69. The van der Waals surface area contributed by atoms with E-state index in [2.05, 4.69) is 20.9 Å². The van der Waals surface area contributed by atoms with Crippen molar-refractivity contribution in [1.29, 1.82) is 0 Å². The fraction of sp³-hybridized carbons (Fsp3) is 0.412. The summed E-state index contributed by atoms with van der Waals surface area (Å²) < 4.78 is 6.91. The standard InChI is InChI=1S/C17H19BrN2O3/c1-3-13-14-17(22,11-7-5-4-6-8-11)9-12(10-18)20(14)16(21)19-15(13)23-2/h4-8,12,22H,3,9-10H2,1-2H3/t12-,17-/m1/s1. The lowest BCUT2D eigenvalue weighted by Gasteiger charge is -2.26. The fourth-order valence-electron chi connectivity index (χ4n) is 3.45. The van der Waals surface area contributed by atoms with Gasteiger partial charge in [0, 0.05) is 17.3 Å². The van der Waals surface area contributed by atoms with Gasteiger partial charge in [-0.15, -0.1) is 0 Å². The number of aliphatic hydroxyl groups is 1. The van der Waals surface area contributed by atoms with E-state index in [0.29, 0.717) is 29.7 Å². The van der Waals surface area contributed by atoms with Gasteiger partial charge >= 0.3 is 5.69 Å². The minimum atomic E-state index is -1.22. The molecule has 1 aromatic heterocycles. The van der Waals surface area contributed by atoms with Crippen molar-refractivity contribution in [2.24, 2.45) is 0 Å². The first kappa shape index (κ1) is 16.2. The SMILES string of the molecule is CCc1c(OC)nc(=O)n2c1[C@](O)(c1ccccc1)C[C@@H]2CBr. The van der Waals surface area contributed by atoms with Gasteiger partial charge in [-0.05, 0) is 12.0 Å². The van der Waals surface area contributed by atoms with Crippen LogP contribution in [0.1, 0.15) is 36.2 Å². The van der Waals surface area contributed by atoms with Crippen LogP contribution in [0.4, 0.5) is 0 Å². The molecule has 0 unspecified atom stereocenters. The molecule has 0 spiro atoms. The van der Waals surface area contributed by atoms with E-state index in [4.69, 9.17) is 4.74 Å². The number of methoxy groups -OCH3 is 1. The highest BCUT2D eigenvalue weighted by molar-refractivity contribution is 9.09. The first-order chi connectivity index (χ1) is 11.1. The van der Waals surface area contributed by atoms with Crippen molar-refractivity contribution < 1.29 is 9.84 Å². The zero-order chi connectivity index (χ0) is 16.6. The monoisotopic (exact) mass is 378 g/mol. The number of benzene rings is 1. The van der Waals surface area contributed by atoms with Gasteiger partial charge in [0.15, 0.2) is 0 Å². The first-order valence-electron chi connectivity index (χ1n) is 7.60. The Bertz CT molecular complexity index is 775. The van der Waals surface area contributed by atoms with Crippen LogP contribution in [0.15, 0.2) is 35.1 Å². The molecule has 2 heterocycles. The molecule has 2 aromatic rings. The summed E-state index contributed by atoms with van der Waals surface area (Å²) in [5.74, 6) is 0.299. The number of alkyl halides is 1. The molecule has 0 radical (unpaired) electrons. The van der Waals surface area contributed by atoms with Crippen molar-refractivity contribution in [2.75, 3.05) is 12.4 Å². The van der Waals surface area contributed by atoms with E-state index >= 15 is 0 Å². The topological polar surface area (TPSA) is 64.3 Å². The van der Waals surface area contributed by atoms with E-state index < -0.39 is 5.60 Å². The third-order valence-corrected chi connectivity index (χ3v) is 5.20. The first-order valence-corrected chi connectivity index (χ1v) is 8.72. The average Bonchev–Trinajstić information content (AvgIpc) is 2.90. The Morgan fingerprint density at radius 2 is 2.13 bits per heavy atom. The summed E-state index contributed by atoms with van der Waals surface area (Å²) in [6.07, 6.45) is 1.05. The van der Waals surface area contributed by atoms with Crippen molar-refractivity contribution in [2.45, 2.75) is 31.4 Å². The number of aromatic nitrogens is 2. The second kappa shape index (κ2) is 6.09. The minimum Gasteiger partial charge on any atom is -0.481 e. The molecule has 0 aliphatic carbocycles. The van der Waals surface area contributed by atoms with Crippen molar-refractivity contribution in [3.63, 3.8) is 0 Å². The zero-order valence-electron chi connectivity index (χ0n) is 13.1. The summed E-state index contributed by atoms with van der Waals surface area (Å²) in [6, 6.07) is 9.31. The highest BCUT2D eigenvalue weighted by Crippen LogP contribution is 2.46. The lowest BCUT2D eigenvalue weighted by molar-refractivity contribution is 0.0776. The van der Waals surface area contributed by atoms with Gasteiger partial charge in [-0.1, -0.05) is 53.2 Å². The second-order valence-corrected chi connectivity index (χ2v) is 6.34. The Kier molecular flexibility index (Phi) is 4.29. The molecule has 1 aliphatic heterocycles. The van der Waals surface area contributed by atoms with Gasteiger partial charge in [0.25, 0.3) is 0 Å². The summed E-state index contributed by atoms with van der Waals surface area (Å²) in [5, 5.41) is 12.1. The molecule has 1 aromatic carbocycles. The predicted molar refractivity (Wildman–Crippen MR) is 91.3 cm³/mol. The molecule has 2 atom stereocenters. The fourth-order valence-corrected chi connectivity index (χ4v) is 3.97. The Balaban J connectivity index is 2.35. The Hall–Kier alpha value is -1.66. The van der Waals surface area contributed by atoms with Crippen molar-refractivity contribution in [3.05, 3.63) is 57.6 Å². The molecule has 0 amide bonds. The van der Waals surface area contributed by atoms with Crippen LogP contribution in [0.25, 0.3) is 0 Å². The predicted octanol–water partition coefficient (Wildman–Crippen LogP) is 2.39. The van der Waals surface area contributed by atoms with E-state index in [0.717, 1.165) is 11.1 Å². The maximum atomic E-state index is 12.5. The third kappa shape index (κ3) is 2.40. The van der Waals surface area contributed by atoms with Crippen LogP contribution >= 0.6 is 15.9 Å². The van der Waals surface area contributed by atoms with Crippen LogP contribution in [-0.2, 0) is 12.0 Å². The lowest BCUT2D eigenvalue weighted by Crippen LogP contribution is -2.31. The van der Waals surface area contributed by atoms with Crippen molar-refractivity contribution in [1.82, 2.24) is 9.55 Å². The molecule has 0 saturated heterocycles. The number of rotatable bonds is 4. The molecule has 122 valence electrons. The molecule has 3 rings (SSSR count). The molecule has 0 fully saturated rings. The van der Waals surface area contributed by atoms with Crippen LogP contribution in [0.2, 0.25) is 0 Å². The largest absolute Gasteiger partial charge is 0.481 e. The molecule has 23 heavy (non-hydrogen) atoms. The summed E-state index contributed by atoms with van der Waals surface area (Å²) >= 11 is 3.46. The molecule has 6 heteroatoms. The highest BCUT2D eigenvalue weighted by atomic mass is 79.9. The molecule has 5 nitrogen and oxygen atoms in total. The number of hydrogen-bond acceptors (Lipinski definition) is 4. The van der Waals surface area contributed by atoms with E-state index in [1.165, 1.54) is 7.11 Å². The van der Waals surface area contributed by atoms with Gasteiger partial charge < -0.3 is 9.84 Å². The van der Waals surface area contributed by atoms with E-state index in [9.17, 15) is 9.90 Å². The molecule has 1 aliphatic rings. The van der Waals surface area contributed by atoms with Crippen LogP contribution in [0, 0.1) is 0 Å². The summed E-state index contributed by atoms with van der Waals surface area (Å²) in [7, 11) is 1.50. The van der Waals surface area contributed by atoms with E-state index in [1.54, 1.807) is 4.57 Å². The van der Waals surface area contributed by atoms with Crippen LogP contribution in [0.5, 0.6) is 5.88 Å². The minimum absolute atomic E-state index is 0.147. The average molecular weight is 379 g/mol. The number of fused-ring (bicyclic) bond motifs is 1. The van der Waals surface area contributed by atoms with Crippen molar-refractivity contribution in [3.8, 4) is 5.88 Å². The van der Waals surface area contributed by atoms with Gasteiger partial charge in [-0.25, -0.2) is 4.79 Å². The third-order valence-electron chi connectivity index (χ3n) is 4.45. The van der Waals surface area contributed by atoms with Crippen LogP contribution in [0.3, 0.4) is 0 Å². The number of nitrogens with zero attached hydrogens (tertiary/aromatic N) is 2. The van der Waals surface area contributed by atoms with Crippen LogP contribution in [-0.4, -0.2) is 27.1 Å². The molecule has 0 saturated carbocycles. The summed E-state index contributed by atoms with van der Waals surface area (Å²) in [5.41, 5.74) is 0.555. The number of halogens is 1. The maximum Gasteiger partial charge on any atom is 0.351 e. The van der Waals surface area contributed by atoms with Crippen molar-refractivity contribution >= 4 is 15.9 Å². The summed E-state index contributed by atoms with van der Waals surface area (Å²) in [6.45, 7) is 1.97. The van der Waals surface area contributed by atoms with E-state index in [-0.39, 0.29) is 11.7 Å². The Labute approximate surface area is 143 Å². The molecular weight excluding hydrogens is 360 g/mol. The van der Waals surface area contributed by atoms with E-state index in [1.807, 2.05) is 37.3 Å². The van der Waals surface area contributed by atoms with Gasteiger partial charge in [-0.3, -0.25) is 4.57 Å². The molecule has 1 N–H and O–H groups in total. The Morgan fingerprint density at radius 3 is 2.70 bits per heavy atom. The van der Waals surface area contributed by atoms with Gasteiger partial charge in [-0.2, -0.15) is 4.98 Å². The Morgan fingerprint density at radius 1 is 1.43 bits per heavy atom. The number of hydrogen-bond donors (Lipinski definition) is 1. The molecule has 0 bridgehead atoms. The van der Waals surface area contributed by atoms with Crippen LogP contribution < -0.4 is 10.4 Å². The lowest BCUT2D eigenvalue weighted by atomic mass is 9.86. The zero-order valence-corrected chi connectivity index (χ0v) is 14.7. The van der Waals surface area contributed by atoms with Gasteiger partial charge in [0.05, 0.1) is 18.8 Å². The smallest absolute Gasteiger partial charge is 0.351 e. The quantitative estimate of drug-likeness (QED) is 0.829.